The van der Waals surface area contributed by atoms with Gasteiger partial charge in [-0.2, -0.15) is 0 Å². The number of hydrogen-bond donors (Lipinski definition) is 1. The summed E-state index contributed by atoms with van der Waals surface area (Å²) in [6.45, 7) is 5.04. The number of para-hydroxylation sites is 3. The standard InChI is InChI=1S/C20H23NO5/c1-13-8-7-9-14(2)19(13)25-12-18(22)26-15(3)20(23)21-16-10-5-6-11-17(16)24-4/h5-11,15H,12H2,1-4H3,(H,21,23)/t15-/m0/s1. The molecule has 1 atom stereocenters. The number of carbonyl (C=O) groups is 2. The van der Waals surface area contributed by atoms with Crippen LogP contribution in [0.25, 0.3) is 0 Å². The molecule has 2 rings (SSSR count). The SMILES string of the molecule is COc1ccccc1NC(=O)[C@H](C)OC(=O)COc1c(C)cccc1C. The Hall–Kier alpha value is -3.02. The maximum Gasteiger partial charge on any atom is 0.344 e. The molecule has 1 N–H and O–H groups in total. The average Bonchev–Trinajstić information content (AvgIpc) is 2.61. The molecular weight excluding hydrogens is 334 g/mol. The summed E-state index contributed by atoms with van der Waals surface area (Å²) in [4.78, 5) is 24.2. The highest BCUT2D eigenvalue weighted by Crippen LogP contribution is 2.24. The van der Waals surface area contributed by atoms with Gasteiger partial charge in [0.05, 0.1) is 12.8 Å². The summed E-state index contributed by atoms with van der Waals surface area (Å²) in [5.41, 5.74) is 2.37. The van der Waals surface area contributed by atoms with Crippen molar-refractivity contribution in [3.63, 3.8) is 0 Å². The molecule has 0 aliphatic rings. The van der Waals surface area contributed by atoms with Crippen molar-refractivity contribution in [3.05, 3.63) is 53.6 Å². The van der Waals surface area contributed by atoms with Crippen molar-refractivity contribution < 1.29 is 23.8 Å². The maximum atomic E-state index is 12.2. The van der Waals surface area contributed by atoms with E-state index in [4.69, 9.17) is 14.2 Å². The zero-order chi connectivity index (χ0) is 19.1. The van der Waals surface area contributed by atoms with E-state index in [-0.39, 0.29) is 6.61 Å². The highest BCUT2D eigenvalue weighted by Gasteiger charge is 2.19. The predicted octanol–water partition coefficient (Wildman–Crippen LogP) is 3.26. The van der Waals surface area contributed by atoms with Crippen molar-refractivity contribution in [2.75, 3.05) is 19.0 Å². The van der Waals surface area contributed by atoms with Crippen molar-refractivity contribution in [1.82, 2.24) is 0 Å². The molecule has 0 aliphatic carbocycles. The van der Waals surface area contributed by atoms with Gasteiger partial charge in [0, 0.05) is 0 Å². The molecule has 0 fully saturated rings. The largest absolute Gasteiger partial charge is 0.495 e. The second kappa shape index (κ2) is 8.89. The van der Waals surface area contributed by atoms with Gasteiger partial charge in [-0.15, -0.1) is 0 Å². The molecule has 6 heteroatoms. The minimum atomic E-state index is -0.964. The van der Waals surface area contributed by atoms with Gasteiger partial charge < -0.3 is 19.5 Å². The van der Waals surface area contributed by atoms with Crippen molar-refractivity contribution in [2.24, 2.45) is 0 Å². The van der Waals surface area contributed by atoms with E-state index >= 15 is 0 Å². The van der Waals surface area contributed by atoms with Crippen LogP contribution in [0.2, 0.25) is 0 Å². The second-order valence-corrected chi connectivity index (χ2v) is 5.83. The van der Waals surface area contributed by atoms with Crippen LogP contribution in [0.4, 0.5) is 5.69 Å². The van der Waals surface area contributed by atoms with Gasteiger partial charge in [0.1, 0.15) is 11.5 Å². The fourth-order valence-electron chi connectivity index (χ4n) is 2.42. The molecule has 0 saturated carbocycles. The molecule has 2 aromatic rings. The minimum absolute atomic E-state index is 0.266. The summed E-state index contributed by atoms with van der Waals surface area (Å²) in [6, 6.07) is 12.7. The first-order valence-corrected chi connectivity index (χ1v) is 8.24. The molecule has 0 aromatic heterocycles. The molecule has 26 heavy (non-hydrogen) atoms. The molecule has 2 aromatic carbocycles. The van der Waals surface area contributed by atoms with E-state index in [0.717, 1.165) is 11.1 Å². The fourth-order valence-corrected chi connectivity index (χ4v) is 2.42. The molecule has 1 amide bonds. The van der Waals surface area contributed by atoms with E-state index in [1.54, 1.807) is 24.3 Å². The highest BCUT2D eigenvalue weighted by atomic mass is 16.6. The molecule has 0 heterocycles. The summed E-state index contributed by atoms with van der Waals surface area (Å²) >= 11 is 0. The lowest BCUT2D eigenvalue weighted by Crippen LogP contribution is -2.31. The lowest BCUT2D eigenvalue weighted by Gasteiger charge is -2.16. The van der Waals surface area contributed by atoms with Crippen molar-refractivity contribution in [1.29, 1.82) is 0 Å². The third kappa shape index (κ3) is 4.99. The first-order valence-electron chi connectivity index (χ1n) is 8.24. The molecule has 6 nitrogen and oxygen atoms in total. The first kappa shape index (κ1) is 19.3. The average molecular weight is 357 g/mol. The Morgan fingerprint density at radius 3 is 2.35 bits per heavy atom. The highest BCUT2D eigenvalue weighted by molar-refractivity contribution is 5.96. The van der Waals surface area contributed by atoms with Gasteiger partial charge in [-0.1, -0.05) is 30.3 Å². The summed E-state index contributed by atoms with van der Waals surface area (Å²) in [6.07, 6.45) is -0.964. The molecule has 0 saturated heterocycles. The number of carbonyl (C=O) groups excluding carboxylic acids is 2. The number of ether oxygens (including phenoxy) is 3. The van der Waals surface area contributed by atoms with Crippen LogP contribution in [0.15, 0.2) is 42.5 Å². The van der Waals surface area contributed by atoms with E-state index in [9.17, 15) is 9.59 Å². The number of methoxy groups -OCH3 is 1. The Morgan fingerprint density at radius 1 is 1.04 bits per heavy atom. The summed E-state index contributed by atoms with van der Waals surface area (Å²) in [5.74, 6) is 0.110. The van der Waals surface area contributed by atoms with Gasteiger partial charge in [0.25, 0.3) is 5.91 Å². The quantitative estimate of drug-likeness (QED) is 0.770. The topological polar surface area (TPSA) is 73.9 Å². The monoisotopic (exact) mass is 357 g/mol. The maximum absolute atomic E-state index is 12.2. The van der Waals surface area contributed by atoms with Gasteiger partial charge in [0.2, 0.25) is 0 Å². The Kier molecular flexibility index (Phi) is 6.60. The van der Waals surface area contributed by atoms with Crippen LogP contribution in [0.3, 0.4) is 0 Å². The second-order valence-electron chi connectivity index (χ2n) is 5.83. The van der Waals surface area contributed by atoms with E-state index in [1.165, 1.54) is 14.0 Å². The molecular formula is C20H23NO5. The molecule has 0 unspecified atom stereocenters. The number of anilines is 1. The summed E-state index contributed by atoms with van der Waals surface area (Å²) < 4.78 is 15.9. The van der Waals surface area contributed by atoms with Gasteiger partial charge in [-0.25, -0.2) is 4.79 Å². The Labute approximate surface area is 153 Å². The van der Waals surface area contributed by atoms with Gasteiger partial charge in [-0.05, 0) is 44.0 Å². The van der Waals surface area contributed by atoms with Crippen molar-refractivity contribution >= 4 is 17.6 Å². The number of hydrogen-bond acceptors (Lipinski definition) is 5. The molecule has 138 valence electrons. The van der Waals surface area contributed by atoms with E-state index in [2.05, 4.69) is 5.32 Å². The number of aryl methyl sites for hydroxylation is 2. The number of amides is 1. The van der Waals surface area contributed by atoms with Crippen LogP contribution in [-0.2, 0) is 14.3 Å². The summed E-state index contributed by atoms with van der Waals surface area (Å²) in [7, 11) is 1.51. The first-order chi connectivity index (χ1) is 12.4. The Bertz CT molecular complexity index is 767. The third-order valence-electron chi connectivity index (χ3n) is 3.79. The Balaban J connectivity index is 1.89. The molecule has 0 bridgehead atoms. The van der Waals surface area contributed by atoms with E-state index in [0.29, 0.717) is 17.2 Å². The van der Waals surface area contributed by atoms with Crippen molar-refractivity contribution in [2.45, 2.75) is 26.9 Å². The fraction of sp³-hybridized carbons (Fsp3) is 0.300. The van der Waals surface area contributed by atoms with Gasteiger partial charge in [0.15, 0.2) is 12.7 Å². The zero-order valence-electron chi connectivity index (χ0n) is 15.4. The Morgan fingerprint density at radius 2 is 1.69 bits per heavy atom. The summed E-state index contributed by atoms with van der Waals surface area (Å²) in [5, 5.41) is 2.68. The molecule has 0 radical (unpaired) electrons. The third-order valence-corrected chi connectivity index (χ3v) is 3.79. The smallest absolute Gasteiger partial charge is 0.344 e. The molecule has 0 aliphatic heterocycles. The molecule has 0 spiro atoms. The van der Waals surface area contributed by atoms with Gasteiger partial charge in [-0.3, -0.25) is 4.79 Å². The van der Waals surface area contributed by atoms with Crippen molar-refractivity contribution in [3.8, 4) is 11.5 Å². The number of benzene rings is 2. The van der Waals surface area contributed by atoms with Crippen LogP contribution in [-0.4, -0.2) is 31.7 Å². The van der Waals surface area contributed by atoms with Crippen LogP contribution in [0.5, 0.6) is 11.5 Å². The number of rotatable bonds is 7. The van der Waals surface area contributed by atoms with Crippen LogP contribution < -0.4 is 14.8 Å². The van der Waals surface area contributed by atoms with Crippen LogP contribution >= 0.6 is 0 Å². The minimum Gasteiger partial charge on any atom is -0.495 e. The zero-order valence-corrected chi connectivity index (χ0v) is 15.4. The lowest BCUT2D eigenvalue weighted by atomic mass is 10.1. The number of nitrogens with one attached hydrogen (secondary N) is 1. The number of esters is 1. The predicted molar refractivity (Wildman–Crippen MR) is 98.6 cm³/mol. The van der Waals surface area contributed by atoms with Crippen LogP contribution in [0.1, 0.15) is 18.1 Å². The van der Waals surface area contributed by atoms with E-state index < -0.39 is 18.0 Å². The lowest BCUT2D eigenvalue weighted by molar-refractivity contribution is -0.155. The van der Waals surface area contributed by atoms with Crippen LogP contribution in [0, 0.1) is 13.8 Å². The van der Waals surface area contributed by atoms with E-state index in [1.807, 2.05) is 32.0 Å². The van der Waals surface area contributed by atoms with Gasteiger partial charge >= 0.3 is 5.97 Å². The normalized spacial score (nSPS) is 11.4.